The first-order valence-corrected chi connectivity index (χ1v) is 10.9. The molecule has 33 heavy (non-hydrogen) atoms. The smallest absolute Gasteiger partial charge is 0.227 e. The minimum Gasteiger partial charge on any atom is -0.493 e. The predicted molar refractivity (Wildman–Crippen MR) is 126 cm³/mol. The van der Waals surface area contributed by atoms with Crippen LogP contribution >= 0.6 is 0 Å². The Labute approximate surface area is 193 Å². The Morgan fingerprint density at radius 3 is 2.55 bits per heavy atom. The third kappa shape index (κ3) is 5.42. The van der Waals surface area contributed by atoms with Gasteiger partial charge in [-0.05, 0) is 67.4 Å². The Bertz CT molecular complexity index is 1130. The van der Waals surface area contributed by atoms with E-state index in [1.165, 1.54) is 12.1 Å². The van der Waals surface area contributed by atoms with Gasteiger partial charge in [0.2, 0.25) is 5.91 Å². The number of nitrogens with zero attached hydrogens (tertiary/aromatic N) is 2. The van der Waals surface area contributed by atoms with E-state index in [9.17, 15) is 9.18 Å². The number of likely N-dealkylation sites (tertiary alicyclic amines) is 1. The fourth-order valence-corrected chi connectivity index (χ4v) is 4.18. The van der Waals surface area contributed by atoms with E-state index in [0.29, 0.717) is 31.0 Å². The molecule has 1 saturated heterocycles. The predicted octanol–water partition coefficient (Wildman–Crippen LogP) is 4.85. The first-order chi connectivity index (χ1) is 15.9. The van der Waals surface area contributed by atoms with Crippen LogP contribution in [0.15, 0.2) is 54.6 Å². The third-order valence-electron chi connectivity index (χ3n) is 5.87. The molecule has 2 aromatic carbocycles. The summed E-state index contributed by atoms with van der Waals surface area (Å²) in [5, 5.41) is 3.31. The molecule has 0 bridgehead atoms. The average molecular weight is 450 g/mol. The second-order valence-corrected chi connectivity index (χ2v) is 8.25. The van der Waals surface area contributed by atoms with E-state index < -0.39 is 0 Å². The molecule has 1 aliphatic rings. The topological polar surface area (TPSA) is 63.7 Å². The fraction of sp³-hybridized carbons (Fsp3) is 0.308. The minimum absolute atomic E-state index is 0.0852. The van der Waals surface area contributed by atoms with Crippen molar-refractivity contribution in [2.24, 2.45) is 0 Å². The summed E-state index contributed by atoms with van der Waals surface area (Å²) in [5.74, 6) is 1.25. The maximum atomic E-state index is 13.2. The number of anilines is 2. The highest BCUT2D eigenvalue weighted by molar-refractivity contribution is 5.79. The van der Waals surface area contributed by atoms with Gasteiger partial charge in [-0.25, -0.2) is 4.39 Å². The SMILES string of the molecule is COc1ccc(CC(=O)N2CC[C@H](c3cc(Nc4ccc(F)cc4)cc(C)n3)C2)cc1OC. The number of pyridine rings is 1. The van der Waals surface area contributed by atoms with Crippen molar-refractivity contribution >= 4 is 17.3 Å². The maximum Gasteiger partial charge on any atom is 0.227 e. The standard InChI is InChI=1S/C26H28FN3O3/c1-17-12-22(29-21-7-5-20(27)6-8-21)15-23(28-17)19-10-11-30(16-19)26(31)14-18-4-9-24(32-2)25(13-18)33-3/h4-9,12-13,15,19H,10-11,14,16H2,1-3H3,(H,28,29)/t19-/m0/s1. The monoisotopic (exact) mass is 449 g/mol. The number of hydrogen-bond donors (Lipinski definition) is 1. The number of carbonyl (C=O) groups is 1. The molecule has 0 aliphatic carbocycles. The van der Waals surface area contributed by atoms with E-state index in [1.807, 2.05) is 42.2 Å². The van der Waals surface area contributed by atoms with Crippen LogP contribution in [0, 0.1) is 12.7 Å². The Hall–Kier alpha value is -3.61. The van der Waals surface area contributed by atoms with Crippen LogP contribution in [0.3, 0.4) is 0 Å². The van der Waals surface area contributed by atoms with E-state index in [4.69, 9.17) is 14.5 Å². The van der Waals surface area contributed by atoms with Crippen LogP contribution < -0.4 is 14.8 Å². The summed E-state index contributed by atoms with van der Waals surface area (Å²) >= 11 is 0. The molecule has 0 spiro atoms. The second kappa shape index (κ2) is 9.90. The summed E-state index contributed by atoms with van der Waals surface area (Å²) in [7, 11) is 3.18. The highest BCUT2D eigenvalue weighted by Crippen LogP contribution is 2.31. The van der Waals surface area contributed by atoms with Crippen LogP contribution in [-0.4, -0.2) is 43.1 Å². The van der Waals surface area contributed by atoms with Gasteiger partial charge in [-0.15, -0.1) is 0 Å². The Morgan fingerprint density at radius 2 is 1.82 bits per heavy atom. The molecule has 1 amide bonds. The van der Waals surface area contributed by atoms with Crippen molar-refractivity contribution in [3.05, 3.63) is 77.4 Å². The van der Waals surface area contributed by atoms with Gasteiger partial charge in [0.05, 0.1) is 20.6 Å². The van der Waals surface area contributed by atoms with Crippen molar-refractivity contribution < 1.29 is 18.7 Å². The van der Waals surface area contributed by atoms with E-state index in [1.54, 1.807) is 26.4 Å². The van der Waals surface area contributed by atoms with E-state index in [-0.39, 0.29) is 17.6 Å². The number of hydrogen-bond acceptors (Lipinski definition) is 5. The molecule has 1 atom stereocenters. The zero-order valence-electron chi connectivity index (χ0n) is 19.1. The molecule has 4 rings (SSSR count). The fourth-order valence-electron chi connectivity index (χ4n) is 4.18. The lowest BCUT2D eigenvalue weighted by Gasteiger charge is -2.18. The molecule has 6 nitrogen and oxygen atoms in total. The molecular formula is C26H28FN3O3. The molecular weight excluding hydrogens is 421 g/mol. The lowest BCUT2D eigenvalue weighted by molar-refractivity contribution is -0.129. The summed E-state index contributed by atoms with van der Waals surface area (Å²) in [6, 6.07) is 15.8. The van der Waals surface area contributed by atoms with Crippen molar-refractivity contribution in [3.8, 4) is 11.5 Å². The van der Waals surface area contributed by atoms with Gasteiger partial charge in [-0.1, -0.05) is 6.07 Å². The largest absolute Gasteiger partial charge is 0.493 e. The molecule has 0 saturated carbocycles. The number of rotatable bonds is 7. The van der Waals surface area contributed by atoms with Crippen LogP contribution in [0.5, 0.6) is 11.5 Å². The number of amides is 1. The Kier molecular flexibility index (Phi) is 6.77. The summed E-state index contributed by atoms with van der Waals surface area (Å²) < 4.78 is 23.8. The van der Waals surface area contributed by atoms with Gasteiger partial charge in [0, 0.05) is 41.8 Å². The highest BCUT2D eigenvalue weighted by atomic mass is 19.1. The van der Waals surface area contributed by atoms with Crippen molar-refractivity contribution in [1.29, 1.82) is 0 Å². The lowest BCUT2D eigenvalue weighted by atomic mass is 10.0. The van der Waals surface area contributed by atoms with Crippen LogP contribution in [-0.2, 0) is 11.2 Å². The van der Waals surface area contributed by atoms with Crippen LogP contribution in [0.2, 0.25) is 0 Å². The summed E-state index contributed by atoms with van der Waals surface area (Å²) in [6.45, 7) is 3.29. The highest BCUT2D eigenvalue weighted by Gasteiger charge is 2.28. The van der Waals surface area contributed by atoms with Crippen molar-refractivity contribution in [2.75, 3.05) is 32.6 Å². The number of halogens is 1. The van der Waals surface area contributed by atoms with Crippen LogP contribution in [0.4, 0.5) is 15.8 Å². The number of carbonyl (C=O) groups excluding carboxylic acids is 1. The molecule has 1 N–H and O–H groups in total. The molecule has 0 radical (unpaired) electrons. The van der Waals surface area contributed by atoms with Crippen LogP contribution in [0.25, 0.3) is 0 Å². The zero-order chi connectivity index (χ0) is 23.4. The Balaban J connectivity index is 1.42. The molecule has 0 unspecified atom stereocenters. The van der Waals surface area contributed by atoms with Gasteiger partial charge < -0.3 is 19.7 Å². The number of aryl methyl sites for hydroxylation is 1. The second-order valence-electron chi connectivity index (χ2n) is 8.25. The molecule has 3 aromatic rings. The van der Waals surface area contributed by atoms with Gasteiger partial charge in [0.25, 0.3) is 0 Å². The summed E-state index contributed by atoms with van der Waals surface area (Å²) in [4.78, 5) is 19.6. The number of nitrogens with one attached hydrogen (secondary N) is 1. The lowest BCUT2D eigenvalue weighted by Crippen LogP contribution is -2.30. The first kappa shape index (κ1) is 22.6. The molecule has 1 aromatic heterocycles. The average Bonchev–Trinajstić information content (AvgIpc) is 3.31. The minimum atomic E-state index is -0.268. The molecule has 1 fully saturated rings. The molecule has 7 heteroatoms. The number of aromatic nitrogens is 1. The summed E-state index contributed by atoms with van der Waals surface area (Å²) in [6.07, 6.45) is 1.18. The molecule has 1 aliphatic heterocycles. The third-order valence-corrected chi connectivity index (χ3v) is 5.87. The van der Waals surface area contributed by atoms with Gasteiger partial charge >= 0.3 is 0 Å². The Morgan fingerprint density at radius 1 is 1.06 bits per heavy atom. The van der Waals surface area contributed by atoms with Crippen LogP contribution in [0.1, 0.15) is 29.3 Å². The molecule has 172 valence electrons. The zero-order valence-corrected chi connectivity index (χ0v) is 19.1. The first-order valence-electron chi connectivity index (χ1n) is 10.9. The summed E-state index contributed by atoms with van der Waals surface area (Å²) in [5.41, 5.74) is 4.46. The van der Waals surface area contributed by atoms with Gasteiger partial charge in [0.1, 0.15) is 5.82 Å². The number of benzene rings is 2. The van der Waals surface area contributed by atoms with Gasteiger partial charge in [-0.3, -0.25) is 9.78 Å². The van der Waals surface area contributed by atoms with Crippen molar-refractivity contribution in [1.82, 2.24) is 9.88 Å². The van der Waals surface area contributed by atoms with E-state index in [0.717, 1.165) is 34.7 Å². The van der Waals surface area contributed by atoms with Gasteiger partial charge in [0.15, 0.2) is 11.5 Å². The van der Waals surface area contributed by atoms with E-state index in [2.05, 4.69) is 5.32 Å². The van der Waals surface area contributed by atoms with Crippen molar-refractivity contribution in [3.63, 3.8) is 0 Å². The normalized spacial score (nSPS) is 15.4. The molecule has 2 heterocycles. The van der Waals surface area contributed by atoms with E-state index >= 15 is 0 Å². The number of ether oxygens (including phenoxy) is 2. The quantitative estimate of drug-likeness (QED) is 0.559. The van der Waals surface area contributed by atoms with Gasteiger partial charge in [-0.2, -0.15) is 0 Å². The van der Waals surface area contributed by atoms with Crippen molar-refractivity contribution in [2.45, 2.75) is 25.7 Å². The maximum absolute atomic E-state index is 13.2. The number of methoxy groups -OCH3 is 2.